The molecule has 0 fully saturated rings. The second-order valence-electron chi connectivity index (χ2n) is 11.1. The summed E-state index contributed by atoms with van der Waals surface area (Å²) in [4.78, 5) is 4.11. The number of anilines is 6. The van der Waals surface area contributed by atoms with E-state index < -0.39 is 41.4 Å². The lowest BCUT2D eigenvalue weighted by molar-refractivity contribution is 0.381. The molecule has 0 atom stereocenters. The smallest absolute Gasteiger partial charge is 0.252 e. The van der Waals surface area contributed by atoms with Gasteiger partial charge in [0.25, 0.3) is 6.71 Å². The van der Waals surface area contributed by atoms with Crippen LogP contribution in [0.4, 0.5) is 56.1 Å². The van der Waals surface area contributed by atoms with Crippen LogP contribution in [-0.4, -0.2) is 6.71 Å². The van der Waals surface area contributed by atoms with E-state index in [1.54, 1.807) is 18.2 Å². The summed E-state index contributed by atoms with van der Waals surface area (Å²) in [6, 6.07) is 37.3. The summed E-state index contributed by atoms with van der Waals surface area (Å²) in [7, 11) is 0. The molecule has 0 N–H and O–H groups in total. The molecular formula is C37H19BF5N3. The van der Waals surface area contributed by atoms with Crippen molar-refractivity contribution in [1.82, 2.24) is 0 Å². The molecule has 2 heterocycles. The van der Waals surface area contributed by atoms with Gasteiger partial charge in [0, 0.05) is 34.1 Å². The number of halogens is 5. The van der Waals surface area contributed by atoms with Gasteiger partial charge < -0.3 is 9.80 Å². The van der Waals surface area contributed by atoms with Crippen LogP contribution in [0.25, 0.3) is 11.1 Å². The molecular weight excluding hydrogens is 592 g/mol. The van der Waals surface area contributed by atoms with Crippen LogP contribution in [-0.2, 0) is 0 Å². The highest BCUT2D eigenvalue weighted by Gasteiger charge is 2.43. The Hall–Kier alpha value is -5.88. The fourth-order valence-electron chi connectivity index (χ4n) is 6.73. The summed E-state index contributed by atoms with van der Waals surface area (Å²) in [5.41, 5.74) is 6.37. The fourth-order valence-corrected chi connectivity index (χ4v) is 6.73. The van der Waals surface area contributed by atoms with Gasteiger partial charge in [-0.15, -0.1) is 0 Å². The molecule has 3 nitrogen and oxygen atoms in total. The molecule has 2 aliphatic rings. The standard InChI is InChI=1S/C37H19BF5N3/c39-33-31(34(40)36(42)37(43)35(33)41)22-15-17-27-26(19-22)38-25-16-14-21(20-44)18-30(25)46(24-10-5-2-6-11-24)29-13-7-12-28(32(29)38)45(27)23-8-3-1-4-9-23/h1-19H. The van der Waals surface area contributed by atoms with Crippen LogP contribution in [0.15, 0.2) is 115 Å². The Balaban J connectivity index is 1.47. The normalized spacial score (nSPS) is 12.7. The first kappa shape index (κ1) is 27.7. The predicted molar refractivity (Wildman–Crippen MR) is 170 cm³/mol. The molecule has 0 saturated heterocycles. The van der Waals surface area contributed by atoms with E-state index in [-0.39, 0.29) is 5.56 Å². The largest absolute Gasteiger partial charge is 0.311 e. The Bertz CT molecular complexity index is 2220. The van der Waals surface area contributed by atoms with Gasteiger partial charge in [0.2, 0.25) is 5.82 Å². The molecule has 8 rings (SSSR count). The lowest BCUT2D eigenvalue weighted by Gasteiger charge is -2.44. The van der Waals surface area contributed by atoms with Crippen molar-refractivity contribution in [3.63, 3.8) is 0 Å². The van der Waals surface area contributed by atoms with Crippen LogP contribution < -0.4 is 26.2 Å². The number of nitriles is 1. The topological polar surface area (TPSA) is 30.3 Å². The van der Waals surface area contributed by atoms with Crippen LogP contribution in [0.5, 0.6) is 0 Å². The lowest BCUT2D eigenvalue weighted by atomic mass is 9.33. The minimum absolute atomic E-state index is 0.152. The maximum absolute atomic E-state index is 15.1. The Labute approximate surface area is 261 Å². The molecule has 0 amide bonds. The molecule has 0 radical (unpaired) electrons. The number of fused-ring (bicyclic) bond motifs is 4. The first-order chi connectivity index (χ1) is 22.4. The summed E-state index contributed by atoms with van der Waals surface area (Å²) in [6.45, 7) is -0.509. The van der Waals surface area contributed by atoms with E-state index in [1.807, 2.05) is 89.8 Å². The Kier molecular flexibility index (Phi) is 6.22. The van der Waals surface area contributed by atoms with Crippen molar-refractivity contribution in [3.05, 3.63) is 150 Å². The highest BCUT2D eigenvalue weighted by molar-refractivity contribution is 7.00. The first-order valence-electron chi connectivity index (χ1n) is 14.4. The molecule has 9 heteroatoms. The molecule has 0 aromatic heterocycles. The maximum atomic E-state index is 15.1. The van der Waals surface area contributed by atoms with Crippen molar-refractivity contribution in [3.8, 4) is 17.2 Å². The summed E-state index contributed by atoms with van der Waals surface area (Å²) in [5, 5.41) is 9.83. The second kappa shape index (κ2) is 10.4. The van der Waals surface area contributed by atoms with Gasteiger partial charge in [0.1, 0.15) is 0 Å². The number of hydrogen-bond donors (Lipinski definition) is 0. The van der Waals surface area contributed by atoms with E-state index in [9.17, 15) is 18.4 Å². The van der Waals surface area contributed by atoms with Gasteiger partial charge in [-0.1, -0.05) is 60.7 Å². The van der Waals surface area contributed by atoms with Crippen molar-refractivity contribution >= 4 is 57.2 Å². The zero-order chi connectivity index (χ0) is 31.7. The van der Waals surface area contributed by atoms with E-state index in [0.29, 0.717) is 16.7 Å². The minimum Gasteiger partial charge on any atom is -0.311 e. The van der Waals surface area contributed by atoms with Crippen LogP contribution in [0, 0.1) is 40.4 Å². The van der Waals surface area contributed by atoms with Crippen LogP contribution in [0.3, 0.4) is 0 Å². The third-order valence-corrected chi connectivity index (χ3v) is 8.65. The van der Waals surface area contributed by atoms with Gasteiger partial charge in [0.05, 0.1) is 17.2 Å². The summed E-state index contributed by atoms with van der Waals surface area (Å²) in [5.74, 6) is -10.0. The number of hydrogen-bond acceptors (Lipinski definition) is 3. The van der Waals surface area contributed by atoms with Crippen molar-refractivity contribution in [1.29, 1.82) is 5.26 Å². The minimum atomic E-state index is -2.21. The van der Waals surface area contributed by atoms with Crippen molar-refractivity contribution in [2.45, 2.75) is 0 Å². The molecule has 0 saturated carbocycles. The quantitative estimate of drug-likeness (QED) is 0.0878. The molecule has 220 valence electrons. The number of benzene rings is 6. The van der Waals surface area contributed by atoms with Crippen LogP contribution >= 0.6 is 0 Å². The average molecular weight is 611 g/mol. The van der Waals surface area contributed by atoms with Crippen molar-refractivity contribution in [2.24, 2.45) is 0 Å². The number of rotatable bonds is 3. The van der Waals surface area contributed by atoms with Gasteiger partial charge in [-0.3, -0.25) is 0 Å². The zero-order valence-corrected chi connectivity index (χ0v) is 23.8. The summed E-state index contributed by atoms with van der Waals surface area (Å²) < 4.78 is 73.1. The van der Waals surface area contributed by atoms with Gasteiger partial charge >= 0.3 is 0 Å². The first-order valence-corrected chi connectivity index (χ1v) is 14.4. The Morgan fingerprint density at radius 2 is 1.07 bits per heavy atom. The van der Waals surface area contributed by atoms with E-state index in [0.717, 1.165) is 39.4 Å². The third kappa shape index (κ3) is 3.90. The summed E-state index contributed by atoms with van der Waals surface area (Å²) in [6.07, 6.45) is 0. The van der Waals surface area contributed by atoms with Crippen molar-refractivity contribution in [2.75, 3.05) is 9.80 Å². The monoisotopic (exact) mass is 611 g/mol. The van der Waals surface area contributed by atoms with Gasteiger partial charge in [-0.05, 0) is 76.5 Å². The number of para-hydroxylation sites is 2. The molecule has 0 aliphatic carbocycles. The SMILES string of the molecule is N#Cc1ccc2c(c1)N(c1ccccc1)c1cccc3c1B2c1cc(-c2c(F)c(F)c(F)c(F)c2F)ccc1N3c1ccccc1. The van der Waals surface area contributed by atoms with Crippen molar-refractivity contribution < 1.29 is 22.0 Å². The molecule has 2 aliphatic heterocycles. The molecule has 6 aromatic carbocycles. The predicted octanol–water partition coefficient (Wildman–Crippen LogP) is 8.00. The molecule has 0 spiro atoms. The maximum Gasteiger partial charge on any atom is 0.252 e. The number of nitrogens with zero attached hydrogens (tertiary/aromatic N) is 3. The van der Waals surface area contributed by atoms with Gasteiger partial charge in [-0.25, -0.2) is 22.0 Å². The molecule has 0 unspecified atom stereocenters. The highest BCUT2D eigenvalue weighted by atomic mass is 19.2. The molecule has 6 aromatic rings. The van der Waals surface area contributed by atoms with E-state index in [4.69, 9.17) is 0 Å². The van der Waals surface area contributed by atoms with E-state index in [2.05, 4.69) is 11.0 Å². The van der Waals surface area contributed by atoms with E-state index >= 15 is 8.78 Å². The zero-order valence-electron chi connectivity index (χ0n) is 23.8. The van der Waals surface area contributed by atoms with Crippen LogP contribution in [0.1, 0.15) is 5.56 Å². The van der Waals surface area contributed by atoms with E-state index in [1.165, 1.54) is 12.1 Å². The molecule has 46 heavy (non-hydrogen) atoms. The summed E-state index contributed by atoms with van der Waals surface area (Å²) >= 11 is 0. The van der Waals surface area contributed by atoms with Crippen LogP contribution in [0.2, 0.25) is 0 Å². The Morgan fingerprint density at radius 1 is 0.500 bits per heavy atom. The third-order valence-electron chi connectivity index (χ3n) is 8.65. The highest BCUT2D eigenvalue weighted by Crippen LogP contribution is 2.44. The lowest BCUT2D eigenvalue weighted by Crippen LogP contribution is -2.61. The molecule has 0 bridgehead atoms. The Morgan fingerprint density at radius 3 is 1.65 bits per heavy atom. The second-order valence-corrected chi connectivity index (χ2v) is 11.1. The van der Waals surface area contributed by atoms with Gasteiger partial charge in [0.15, 0.2) is 23.3 Å². The van der Waals surface area contributed by atoms with Gasteiger partial charge in [-0.2, -0.15) is 5.26 Å². The average Bonchev–Trinajstić information content (AvgIpc) is 3.10. The fraction of sp³-hybridized carbons (Fsp3) is 0.